The molecule has 1 atom stereocenters. The van der Waals surface area contributed by atoms with Gasteiger partial charge in [-0.25, -0.2) is 4.79 Å². The SMILES string of the molecule is CCOC(=O)/C=C1\SCC(=O)N1CC(=O)N1CCC[C@H](C)C1. The van der Waals surface area contributed by atoms with E-state index in [0.29, 0.717) is 10.9 Å². The van der Waals surface area contributed by atoms with E-state index >= 15 is 0 Å². The normalized spacial score (nSPS) is 24.0. The Bertz CT molecular complexity index is 492. The third-order valence-corrected chi connectivity index (χ3v) is 4.77. The van der Waals surface area contributed by atoms with Crippen molar-refractivity contribution in [1.29, 1.82) is 0 Å². The lowest BCUT2D eigenvalue weighted by Gasteiger charge is -2.32. The van der Waals surface area contributed by atoms with Crippen molar-refractivity contribution >= 4 is 29.5 Å². The van der Waals surface area contributed by atoms with Gasteiger partial charge >= 0.3 is 5.97 Å². The number of nitrogens with zero attached hydrogens (tertiary/aromatic N) is 2. The summed E-state index contributed by atoms with van der Waals surface area (Å²) in [6, 6.07) is 0. The predicted molar refractivity (Wildman–Crippen MR) is 83.9 cm³/mol. The summed E-state index contributed by atoms with van der Waals surface area (Å²) in [4.78, 5) is 39.1. The average Bonchev–Trinajstić information content (AvgIpc) is 2.80. The molecule has 0 aliphatic carbocycles. The fourth-order valence-corrected chi connectivity index (χ4v) is 3.56. The molecule has 2 amide bonds. The van der Waals surface area contributed by atoms with Crippen molar-refractivity contribution in [3.8, 4) is 0 Å². The van der Waals surface area contributed by atoms with Gasteiger partial charge in [0.15, 0.2) is 0 Å². The molecule has 122 valence electrons. The fraction of sp³-hybridized carbons (Fsp3) is 0.667. The summed E-state index contributed by atoms with van der Waals surface area (Å²) in [5.74, 6) is 0.0744. The standard InChI is InChI=1S/C15H22N2O4S/c1-3-21-15(20)7-14-17(13(19)10-22-14)9-12(18)16-6-4-5-11(2)8-16/h7,11H,3-6,8-10H2,1-2H3/b14-7-/t11-/m0/s1. The van der Waals surface area contributed by atoms with Crippen LogP contribution in [0.3, 0.4) is 0 Å². The van der Waals surface area contributed by atoms with E-state index in [4.69, 9.17) is 4.74 Å². The molecule has 0 aromatic carbocycles. The third kappa shape index (κ3) is 4.25. The van der Waals surface area contributed by atoms with E-state index in [-0.39, 0.29) is 30.7 Å². The number of piperidine rings is 1. The number of hydrogen-bond acceptors (Lipinski definition) is 5. The molecule has 0 N–H and O–H groups in total. The summed E-state index contributed by atoms with van der Waals surface area (Å²) in [7, 11) is 0. The van der Waals surface area contributed by atoms with Crippen molar-refractivity contribution < 1.29 is 19.1 Å². The van der Waals surface area contributed by atoms with E-state index in [1.54, 1.807) is 6.92 Å². The van der Waals surface area contributed by atoms with Crippen molar-refractivity contribution in [3.05, 3.63) is 11.1 Å². The molecule has 2 fully saturated rings. The molecule has 2 saturated heterocycles. The number of thioether (sulfide) groups is 1. The molecule has 0 bridgehead atoms. The van der Waals surface area contributed by atoms with Gasteiger partial charge < -0.3 is 9.64 Å². The van der Waals surface area contributed by atoms with Crippen LogP contribution >= 0.6 is 11.8 Å². The van der Waals surface area contributed by atoms with E-state index in [9.17, 15) is 14.4 Å². The zero-order valence-corrected chi connectivity index (χ0v) is 13.9. The second kappa shape index (κ2) is 7.67. The van der Waals surface area contributed by atoms with E-state index in [1.807, 2.05) is 4.90 Å². The Kier molecular flexibility index (Phi) is 5.88. The lowest BCUT2D eigenvalue weighted by atomic mass is 10.0. The van der Waals surface area contributed by atoms with Gasteiger partial charge in [-0.2, -0.15) is 0 Å². The lowest BCUT2D eigenvalue weighted by Crippen LogP contribution is -2.44. The highest BCUT2D eigenvalue weighted by atomic mass is 32.2. The zero-order valence-electron chi connectivity index (χ0n) is 13.0. The monoisotopic (exact) mass is 326 g/mol. The van der Waals surface area contributed by atoms with Gasteiger partial charge in [0.1, 0.15) is 6.54 Å². The van der Waals surface area contributed by atoms with E-state index in [0.717, 1.165) is 25.9 Å². The van der Waals surface area contributed by atoms with Gasteiger partial charge in [-0.05, 0) is 25.7 Å². The number of likely N-dealkylation sites (tertiary alicyclic amines) is 1. The van der Waals surface area contributed by atoms with Gasteiger partial charge in [-0.15, -0.1) is 0 Å². The van der Waals surface area contributed by atoms with Gasteiger partial charge in [0.2, 0.25) is 11.8 Å². The van der Waals surface area contributed by atoms with Gasteiger partial charge in [0.05, 0.1) is 23.5 Å². The maximum atomic E-state index is 12.4. The summed E-state index contributed by atoms with van der Waals surface area (Å²) < 4.78 is 4.86. The predicted octanol–water partition coefficient (Wildman–Crippen LogP) is 1.22. The molecule has 22 heavy (non-hydrogen) atoms. The molecule has 0 radical (unpaired) electrons. The first kappa shape index (κ1) is 16.9. The minimum Gasteiger partial charge on any atom is -0.463 e. The quantitative estimate of drug-likeness (QED) is 0.574. The molecule has 7 heteroatoms. The minimum atomic E-state index is -0.483. The Hall–Kier alpha value is -1.50. The van der Waals surface area contributed by atoms with Crippen molar-refractivity contribution in [1.82, 2.24) is 9.80 Å². The minimum absolute atomic E-state index is 0.00376. The Labute approximate surface area is 134 Å². The first-order valence-electron chi connectivity index (χ1n) is 7.60. The van der Waals surface area contributed by atoms with Gasteiger partial charge in [0, 0.05) is 13.1 Å². The van der Waals surface area contributed by atoms with Crippen molar-refractivity contribution in [2.75, 3.05) is 32.0 Å². The Morgan fingerprint density at radius 2 is 2.23 bits per heavy atom. The van der Waals surface area contributed by atoms with Crippen molar-refractivity contribution in [3.63, 3.8) is 0 Å². The maximum absolute atomic E-state index is 12.4. The van der Waals surface area contributed by atoms with Crippen LogP contribution < -0.4 is 0 Å². The average molecular weight is 326 g/mol. The largest absolute Gasteiger partial charge is 0.463 e. The molecule has 2 aliphatic heterocycles. The van der Waals surface area contributed by atoms with Crippen molar-refractivity contribution in [2.24, 2.45) is 5.92 Å². The molecule has 0 aromatic rings. The molecule has 6 nitrogen and oxygen atoms in total. The van der Waals surface area contributed by atoms with Gasteiger partial charge in [-0.1, -0.05) is 18.7 Å². The van der Waals surface area contributed by atoms with Gasteiger partial charge in [-0.3, -0.25) is 14.5 Å². The fourth-order valence-electron chi connectivity index (χ4n) is 2.64. The van der Waals surface area contributed by atoms with Crippen LogP contribution in [0.1, 0.15) is 26.7 Å². The maximum Gasteiger partial charge on any atom is 0.333 e. The summed E-state index contributed by atoms with van der Waals surface area (Å²) in [5.41, 5.74) is 0. The van der Waals surface area contributed by atoms with Crippen LogP contribution in [0.2, 0.25) is 0 Å². The molecule has 2 aliphatic rings. The highest BCUT2D eigenvalue weighted by Crippen LogP contribution is 2.29. The summed E-state index contributed by atoms with van der Waals surface area (Å²) >= 11 is 1.27. The Morgan fingerprint density at radius 1 is 1.45 bits per heavy atom. The highest BCUT2D eigenvalue weighted by molar-refractivity contribution is 8.04. The second-order valence-electron chi connectivity index (χ2n) is 5.59. The van der Waals surface area contributed by atoms with E-state index in [1.165, 1.54) is 22.7 Å². The molecule has 0 unspecified atom stereocenters. The molecule has 0 saturated carbocycles. The number of esters is 1. The molecule has 0 aromatic heterocycles. The number of carbonyl (C=O) groups is 3. The lowest BCUT2D eigenvalue weighted by molar-refractivity contribution is -0.139. The highest BCUT2D eigenvalue weighted by Gasteiger charge is 2.31. The van der Waals surface area contributed by atoms with Crippen LogP contribution in [-0.4, -0.2) is 59.6 Å². The second-order valence-corrected chi connectivity index (χ2v) is 6.59. The number of hydrogen-bond donors (Lipinski definition) is 0. The summed E-state index contributed by atoms with van der Waals surface area (Å²) in [6.45, 7) is 5.63. The molecule has 2 heterocycles. The molecular weight excluding hydrogens is 304 g/mol. The molecule has 2 rings (SSSR count). The first-order chi connectivity index (χ1) is 10.5. The number of rotatable bonds is 4. The van der Waals surface area contributed by atoms with Crippen LogP contribution in [0.5, 0.6) is 0 Å². The van der Waals surface area contributed by atoms with Crippen LogP contribution in [-0.2, 0) is 19.1 Å². The summed E-state index contributed by atoms with van der Waals surface area (Å²) in [5, 5.41) is 0.502. The van der Waals surface area contributed by atoms with Crippen LogP contribution in [0.15, 0.2) is 11.1 Å². The number of amides is 2. The van der Waals surface area contributed by atoms with Crippen LogP contribution in [0.4, 0.5) is 0 Å². The van der Waals surface area contributed by atoms with E-state index in [2.05, 4.69) is 6.92 Å². The number of carbonyl (C=O) groups excluding carboxylic acids is 3. The van der Waals surface area contributed by atoms with E-state index < -0.39 is 5.97 Å². The third-order valence-electron chi connectivity index (χ3n) is 3.74. The Morgan fingerprint density at radius 3 is 2.91 bits per heavy atom. The first-order valence-corrected chi connectivity index (χ1v) is 8.59. The molecular formula is C15H22N2O4S. The van der Waals surface area contributed by atoms with Crippen molar-refractivity contribution in [2.45, 2.75) is 26.7 Å². The van der Waals surface area contributed by atoms with Crippen LogP contribution in [0, 0.1) is 5.92 Å². The molecule has 0 spiro atoms. The van der Waals surface area contributed by atoms with Crippen LogP contribution in [0.25, 0.3) is 0 Å². The zero-order chi connectivity index (χ0) is 16.1. The topological polar surface area (TPSA) is 66.9 Å². The number of ether oxygens (including phenoxy) is 1. The van der Waals surface area contributed by atoms with Gasteiger partial charge in [0.25, 0.3) is 0 Å². The summed E-state index contributed by atoms with van der Waals surface area (Å²) in [6.07, 6.45) is 3.43. The smallest absolute Gasteiger partial charge is 0.333 e. The Balaban J connectivity index is 2.00.